The lowest BCUT2D eigenvalue weighted by Gasteiger charge is -2.22. The molecule has 10 nitrogen and oxygen atoms in total. The number of carbonyl (C=O) groups excluding carboxylic acids is 4. The normalized spacial score (nSPS) is 16.7. The highest BCUT2D eigenvalue weighted by atomic mass is 32.2. The third-order valence-electron chi connectivity index (χ3n) is 6.83. The quantitative estimate of drug-likeness (QED) is 0.228. The van der Waals surface area contributed by atoms with Gasteiger partial charge in [-0.3, -0.25) is 29.0 Å². The van der Waals surface area contributed by atoms with Gasteiger partial charge >= 0.3 is 0 Å². The van der Waals surface area contributed by atoms with Crippen molar-refractivity contribution in [2.45, 2.75) is 25.7 Å². The van der Waals surface area contributed by atoms with Crippen molar-refractivity contribution < 1.29 is 29.4 Å². The zero-order valence-corrected chi connectivity index (χ0v) is 27.1. The Morgan fingerprint density at radius 1 is 0.659 bits per heavy atom. The van der Waals surface area contributed by atoms with Crippen LogP contribution in [0.3, 0.4) is 0 Å². The highest BCUT2D eigenvalue weighted by Crippen LogP contribution is 2.42. The lowest BCUT2D eigenvalue weighted by atomic mass is 10.2. The van der Waals surface area contributed by atoms with Crippen LogP contribution >= 0.6 is 48.0 Å². The highest BCUT2D eigenvalue weighted by molar-refractivity contribution is 8.29. The van der Waals surface area contributed by atoms with Gasteiger partial charge in [-0.1, -0.05) is 84.4 Å². The van der Waals surface area contributed by atoms with Gasteiger partial charge in [-0.25, -0.2) is 0 Å². The van der Waals surface area contributed by atoms with E-state index in [2.05, 4.69) is 0 Å². The minimum atomic E-state index is -0.402. The van der Waals surface area contributed by atoms with E-state index in [0.717, 1.165) is 23.5 Å². The lowest BCUT2D eigenvalue weighted by Crippen LogP contribution is -2.35. The first-order valence-corrected chi connectivity index (χ1v) is 16.5. The molecule has 2 heterocycles. The molecular formula is C30H32N4O6S4. The van der Waals surface area contributed by atoms with E-state index in [0.29, 0.717) is 32.9 Å². The first-order valence-electron chi connectivity index (χ1n) is 14.0. The molecule has 0 atom stereocenters. The van der Waals surface area contributed by atoms with Crippen molar-refractivity contribution in [2.24, 2.45) is 0 Å². The second kappa shape index (κ2) is 16.3. The maximum atomic E-state index is 13.3. The van der Waals surface area contributed by atoms with E-state index in [9.17, 15) is 29.4 Å². The van der Waals surface area contributed by atoms with Crippen molar-refractivity contribution in [1.29, 1.82) is 0 Å². The molecule has 2 saturated heterocycles. The van der Waals surface area contributed by atoms with E-state index < -0.39 is 11.8 Å². The number of nitrogens with zero attached hydrogens (tertiary/aromatic N) is 4. The number of para-hydroxylation sites is 2. The van der Waals surface area contributed by atoms with Gasteiger partial charge in [0.15, 0.2) is 0 Å². The Bertz CT molecular complexity index is 1330. The fraction of sp³-hybridized carbons (Fsp3) is 0.333. The number of hydrogen-bond acceptors (Lipinski definition) is 10. The summed E-state index contributed by atoms with van der Waals surface area (Å²) in [6, 6.07) is 18.1. The van der Waals surface area contributed by atoms with Gasteiger partial charge in [0.25, 0.3) is 11.8 Å². The fourth-order valence-electron chi connectivity index (χ4n) is 4.71. The van der Waals surface area contributed by atoms with E-state index >= 15 is 0 Å². The SMILES string of the molecule is O=C1/C(=C2\SC(=S)N(CCCC(=O)N(CCO)c3ccccc3)C2=O)SC(=S)N1CCCC(=O)N(CCO)c1ccccc1. The van der Waals surface area contributed by atoms with Crippen molar-refractivity contribution >= 4 is 91.6 Å². The molecule has 0 aliphatic carbocycles. The summed E-state index contributed by atoms with van der Waals surface area (Å²) in [6.45, 7) is 0.368. The van der Waals surface area contributed by atoms with Crippen molar-refractivity contribution in [3.8, 4) is 0 Å². The van der Waals surface area contributed by atoms with Crippen LogP contribution in [0.15, 0.2) is 70.5 Å². The zero-order valence-electron chi connectivity index (χ0n) is 23.8. The van der Waals surface area contributed by atoms with E-state index in [1.807, 2.05) is 36.4 Å². The van der Waals surface area contributed by atoms with Gasteiger partial charge in [0, 0.05) is 50.4 Å². The molecule has 0 unspecified atom stereocenters. The molecule has 2 aromatic carbocycles. The predicted octanol–water partition coefficient (Wildman–Crippen LogP) is 3.53. The third kappa shape index (κ3) is 8.11. The zero-order chi connectivity index (χ0) is 31.6. The average molecular weight is 673 g/mol. The topological polar surface area (TPSA) is 122 Å². The van der Waals surface area contributed by atoms with Crippen LogP contribution in [0.4, 0.5) is 11.4 Å². The van der Waals surface area contributed by atoms with Gasteiger partial charge in [0.05, 0.1) is 23.0 Å². The lowest BCUT2D eigenvalue weighted by molar-refractivity contribution is -0.125. The van der Waals surface area contributed by atoms with Crippen LogP contribution in [-0.4, -0.2) is 91.7 Å². The van der Waals surface area contributed by atoms with E-state index in [1.165, 1.54) is 19.6 Å². The number of rotatable bonds is 14. The second-order valence-electron chi connectivity index (χ2n) is 9.72. The fourth-order valence-corrected chi connectivity index (χ4v) is 7.49. The molecule has 4 amide bonds. The molecule has 0 bridgehead atoms. The smallest absolute Gasteiger partial charge is 0.267 e. The predicted molar refractivity (Wildman–Crippen MR) is 181 cm³/mol. The minimum absolute atomic E-state index is 0.141. The number of benzene rings is 2. The molecule has 0 saturated carbocycles. The number of thiocarbonyl (C=S) groups is 2. The number of amides is 4. The maximum Gasteiger partial charge on any atom is 0.267 e. The summed E-state index contributed by atoms with van der Waals surface area (Å²) < 4.78 is 0.599. The summed E-state index contributed by atoms with van der Waals surface area (Å²) >= 11 is 13.0. The minimum Gasteiger partial charge on any atom is -0.395 e. The van der Waals surface area contributed by atoms with E-state index in [1.54, 1.807) is 24.3 Å². The Hall–Kier alpha value is -3.14. The summed E-state index contributed by atoms with van der Waals surface area (Å²) in [5.41, 5.74) is 1.37. The van der Waals surface area contributed by atoms with Gasteiger partial charge in [-0.05, 0) is 37.1 Å². The molecule has 4 rings (SSSR count). The van der Waals surface area contributed by atoms with Crippen LogP contribution in [0.25, 0.3) is 0 Å². The summed E-state index contributed by atoms with van der Waals surface area (Å²) in [7, 11) is 0. The molecule has 2 N–H and O–H groups in total. The maximum absolute atomic E-state index is 13.3. The monoisotopic (exact) mass is 672 g/mol. The molecule has 2 aromatic rings. The molecule has 0 radical (unpaired) electrons. The standard InChI is InChI=1S/C30H32N4O6S4/c35-19-17-31(21-9-3-1-4-10-21)23(37)13-7-15-33-27(39)25(43-29(33)41)26-28(40)34(30(42)44-26)16-8-14-24(38)32(18-20-36)22-11-5-2-6-12-22/h1-6,9-12,35-36H,7-8,13-20H2/b26-25+. The number of carbonyl (C=O) groups is 4. The molecule has 2 fully saturated rings. The van der Waals surface area contributed by atoms with E-state index in [-0.39, 0.29) is 73.9 Å². The van der Waals surface area contributed by atoms with Crippen LogP contribution in [0.1, 0.15) is 25.7 Å². The summed E-state index contributed by atoms with van der Waals surface area (Å²) in [5, 5.41) is 18.8. The van der Waals surface area contributed by atoms with E-state index in [4.69, 9.17) is 24.4 Å². The molecule has 232 valence electrons. The van der Waals surface area contributed by atoms with Gasteiger partial charge in [-0.2, -0.15) is 0 Å². The Morgan fingerprint density at radius 3 is 1.36 bits per heavy atom. The molecular weight excluding hydrogens is 641 g/mol. The Kier molecular flexibility index (Phi) is 12.5. The van der Waals surface area contributed by atoms with Gasteiger partial charge < -0.3 is 20.0 Å². The summed E-state index contributed by atoms with van der Waals surface area (Å²) in [4.78, 5) is 58.6. The third-order valence-corrected chi connectivity index (χ3v) is 9.86. The number of hydrogen-bond donors (Lipinski definition) is 2. The number of thioether (sulfide) groups is 2. The largest absolute Gasteiger partial charge is 0.395 e. The molecule has 0 spiro atoms. The van der Waals surface area contributed by atoms with Crippen molar-refractivity contribution in [1.82, 2.24) is 9.80 Å². The number of aliphatic hydroxyl groups is 2. The molecule has 14 heteroatoms. The van der Waals surface area contributed by atoms with Crippen LogP contribution < -0.4 is 9.80 Å². The van der Waals surface area contributed by atoms with Crippen LogP contribution in [0.2, 0.25) is 0 Å². The Labute approximate surface area is 275 Å². The first-order chi connectivity index (χ1) is 21.3. The first kappa shape index (κ1) is 33.7. The van der Waals surface area contributed by atoms with Crippen molar-refractivity contribution in [3.63, 3.8) is 0 Å². The van der Waals surface area contributed by atoms with Crippen molar-refractivity contribution in [3.05, 3.63) is 70.5 Å². The Morgan fingerprint density at radius 2 is 1.02 bits per heavy atom. The number of anilines is 2. The van der Waals surface area contributed by atoms with Gasteiger partial charge in [0.2, 0.25) is 11.8 Å². The molecule has 44 heavy (non-hydrogen) atoms. The molecule has 2 aliphatic heterocycles. The van der Waals surface area contributed by atoms with Gasteiger partial charge in [-0.15, -0.1) is 0 Å². The molecule has 0 aromatic heterocycles. The van der Waals surface area contributed by atoms with Crippen LogP contribution in [0.5, 0.6) is 0 Å². The second-order valence-corrected chi connectivity index (χ2v) is 13.0. The molecule has 2 aliphatic rings. The van der Waals surface area contributed by atoms with Crippen molar-refractivity contribution in [2.75, 3.05) is 49.2 Å². The highest BCUT2D eigenvalue weighted by Gasteiger charge is 2.41. The average Bonchev–Trinajstić information content (AvgIpc) is 3.47. The summed E-state index contributed by atoms with van der Waals surface area (Å²) in [5.74, 6) is -1.17. The van der Waals surface area contributed by atoms with Gasteiger partial charge in [0.1, 0.15) is 8.64 Å². The van der Waals surface area contributed by atoms with Crippen LogP contribution in [0, 0.1) is 0 Å². The summed E-state index contributed by atoms with van der Waals surface area (Å²) in [6.07, 6.45) is 0.974. The Balaban J connectivity index is 1.33. The van der Waals surface area contributed by atoms with Crippen LogP contribution in [-0.2, 0) is 19.2 Å². The number of aliphatic hydroxyl groups excluding tert-OH is 2.